The summed E-state index contributed by atoms with van der Waals surface area (Å²) in [6.07, 6.45) is 5.58. The Bertz CT molecular complexity index is 519. The number of carbonyl (C=O) groups excluding carboxylic acids is 1. The molecule has 0 aromatic carbocycles. The van der Waals surface area contributed by atoms with E-state index in [1.54, 1.807) is 11.3 Å². The maximum Gasteiger partial charge on any atom is 0.174 e. The van der Waals surface area contributed by atoms with Gasteiger partial charge in [0.15, 0.2) is 5.78 Å². The minimum atomic E-state index is 0.200. The first kappa shape index (κ1) is 13.9. The first-order valence-electron chi connectivity index (χ1n) is 7.82. The van der Waals surface area contributed by atoms with Gasteiger partial charge in [-0.15, -0.1) is 11.3 Å². The molecule has 0 bridgehead atoms. The third kappa shape index (κ3) is 2.46. The largest absolute Gasteiger partial charge is 0.397 e. The SMILES string of the molecule is CCC(=O)c1sc(N2CCCC(C)C2)c(C2CC2)c1N. The molecule has 2 heterocycles. The Morgan fingerprint density at radius 3 is 2.75 bits per heavy atom. The number of rotatable bonds is 4. The van der Waals surface area contributed by atoms with E-state index in [0.29, 0.717) is 12.3 Å². The van der Waals surface area contributed by atoms with Crippen LogP contribution in [0.4, 0.5) is 10.7 Å². The average molecular weight is 292 g/mol. The predicted molar refractivity (Wildman–Crippen MR) is 85.9 cm³/mol. The van der Waals surface area contributed by atoms with Crippen LogP contribution in [0.1, 0.15) is 67.1 Å². The molecule has 1 saturated heterocycles. The van der Waals surface area contributed by atoms with E-state index in [2.05, 4.69) is 11.8 Å². The number of nitrogens with two attached hydrogens (primary N) is 1. The Kier molecular flexibility index (Phi) is 3.76. The van der Waals surface area contributed by atoms with Crippen molar-refractivity contribution in [2.45, 2.75) is 51.9 Å². The van der Waals surface area contributed by atoms with E-state index in [1.165, 1.54) is 36.2 Å². The molecule has 1 aromatic rings. The standard InChI is InChI=1S/C16H24N2OS/c1-3-12(19)15-14(17)13(11-6-7-11)16(20-15)18-8-4-5-10(2)9-18/h10-11H,3-9,17H2,1-2H3. The first-order chi connectivity index (χ1) is 9.61. The smallest absolute Gasteiger partial charge is 0.174 e. The molecule has 3 rings (SSSR count). The highest BCUT2D eigenvalue weighted by Crippen LogP contribution is 2.52. The van der Waals surface area contributed by atoms with Crippen LogP contribution in [0.3, 0.4) is 0 Å². The van der Waals surface area contributed by atoms with Crippen LogP contribution < -0.4 is 10.6 Å². The first-order valence-corrected chi connectivity index (χ1v) is 8.63. The molecule has 0 spiro atoms. The number of piperidine rings is 1. The van der Waals surface area contributed by atoms with Crippen LogP contribution in [-0.4, -0.2) is 18.9 Å². The van der Waals surface area contributed by atoms with Crippen LogP contribution >= 0.6 is 11.3 Å². The zero-order valence-electron chi connectivity index (χ0n) is 12.4. The van der Waals surface area contributed by atoms with Crippen LogP contribution in [0, 0.1) is 5.92 Å². The number of nitrogen functional groups attached to an aromatic ring is 1. The molecule has 1 atom stereocenters. The summed E-state index contributed by atoms with van der Waals surface area (Å²) in [6.45, 7) is 6.46. The van der Waals surface area contributed by atoms with Crippen LogP contribution in [0.5, 0.6) is 0 Å². The predicted octanol–water partition coefficient (Wildman–Crippen LogP) is 4.04. The van der Waals surface area contributed by atoms with E-state index in [-0.39, 0.29) is 5.78 Å². The number of hydrogen-bond donors (Lipinski definition) is 1. The summed E-state index contributed by atoms with van der Waals surface area (Å²) in [6, 6.07) is 0. The van der Waals surface area contributed by atoms with Crippen LogP contribution in [0.15, 0.2) is 0 Å². The van der Waals surface area contributed by atoms with E-state index in [9.17, 15) is 4.79 Å². The van der Waals surface area contributed by atoms with Crippen molar-refractivity contribution in [2.24, 2.45) is 5.92 Å². The summed E-state index contributed by atoms with van der Waals surface area (Å²) in [5.41, 5.74) is 8.41. The average Bonchev–Trinajstić information content (AvgIpc) is 3.21. The van der Waals surface area contributed by atoms with Gasteiger partial charge in [-0.1, -0.05) is 13.8 Å². The van der Waals surface area contributed by atoms with Crippen molar-refractivity contribution in [3.05, 3.63) is 10.4 Å². The van der Waals surface area contributed by atoms with Gasteiger partial charge in [0, 0.05) is 25.1 Å². The van der Waals surface area contributed by atoms with E-state index in [0.717, 1.165) is 29.6 Å². The summed E-state index contributed by atoms with van der Waals surface area (Å²) in [5, 5.41) is 1.30. The lowest BCUT2D eigenvalue weighted by molar-refractivity contribution is 0.0993. The molecule has 2 aliphatic rings. The molecule has 2 fully saturated rings. The van der Waals surface area contributed by atoms with Crippen molar-refractivity contribution in [1.29, 1.82) is 0 Å². The van der Waals surface area contributed by atoms with Crippen molar-refractivity contribution >= 4 is 27.8 Å². The molecule has 1 aliphatic heterocycles. The Balaban J connectivity index is 1.98. The van der Waals surface area contributed by atoms with Gasteiger partial charge in [-0.3, -0.25) is 4.79 Å². The van der Waals surface area contributed by atoms with Crippen LogP contribution in [0.25, 0.3) is 0 Å². The van der Waals surface area contributed by atoms with Gasteiger partial charge in [-0.2, -0.15) is 0 Å². The Morgan fingerprint density at radius 1 is 1.40 bits per heavy atom. The third-order valence-corrected chi connectivity index (χ3v) is 5.79. The quantitative estimate of drug-likeness (QED) is 0.852. The summed E-state index contributed by atoms with van der Waals surface area (Å²) in [5.74, 6) is 1.55. The number of Topliss-reactive ketones (excluding diaryl/α,β-unsaturated/α-hetero) is 1. The number of carbonyl (C=O) groups is 1. The second-order valence-electron chi connectivity index (χ2n) is 6.31. The molecular weight excluding hydrogens is 268 g/mol. The molecule has 1 unspecified atom stereocenters. The van der Waals surface area contributed by atoms with Gasteiger partial charge in [0.25, 0.3) is 0 Å². The van der Waals surface area contributed by atoms with Crippen molar-refractivity contribution in [1.82, 2.24) is 0 Å². The molecule has 3 nitrogen and oxygen atoms in total. The highest BCUT2D eigenvalue weighted by atomic mass is 32.1. The van der Waals surface area contributed by atoms with Crippen molar-refractivity contribution in [3.63, 3.8) is 0 Å². The molecule has 0 amide bonds. The van der Waals surface area contributed by atoms with E-state index >= 15 is 0 Å². The Hall–Kier alpha value is -1.03. The summed E-state index contributed by atoms with van der Waals surface area (Å²) < 4.78 is 0. The van der Waals surface area contributed by atoms with Gasteiger partial charge in [0.1, 0.15) is 0 Å². The molecule has 4 heteroatoms. The van der Waals surface area contributed by atoms with E-state index < -0.39 is 0 Å². The highest BCUT2D eigenvalue weighted by Gasteiger charge is 2.35. The normalized spacial score (nSPS) is 23.1. The van der Waals surface area contributed by atoms with Crippen molar-refractivity contribution < 1.29 is 4.79 Å². The summed E-state index contributed by atoms with van der Waals surface area (Å²) in [4.78, 5) is 15.4. The molecular formula is C16H24N2OS. The second kappa shape index (κ2) is 5.40. The molecule has 0 radical (unpaired) electrons. The fraction of sp³-hybridized carbons (Fsp3) is 0.688. The molecule has 1 saturated carbocycles. The molecule has 1 aliphatic carbocycles. The number of anilines is 2. The second-order valence-corrected chi connectivity index (χ2v) is 7.31. The zero-order valence-corrected chi connectivity index (χ0v) is 13.3. The third-order valence-electron chi connectivity index (χ3n) is 4.47. The zero-order chi connectivity index (χ0) is 14.3. The molecule has 2 N–H and O–H groups in total. The van der Waals surface area contributed by atoms with Crippen molar-refractivity contribution in [3.8, 4) is 0 Å². The number of thiophene rings is 1. The van der Waals surface area contributed by atoms with Gasteiger partial charge in [0.05, 0.1) is 15.6 Å². The van der Waals surface area contributed by atoms with Crippen LogP contribution in [-0.2, 0) is 0 Å². The Morgan fingerprint density at radius 2 is 2.15 bits per heavy atom. The van der Waals surface area contributed by atoms with E-state index in [1.807, 2.05) is 6.92 Å². The van der Waals surface area contributed by atoms with Crippen LogP contribution in [0.2, 0.25) is 0 Å². The fourth-order valence-corrected chi connectivity index (χ4v) is 4.54. The molecule has 20 heavy (non-hydrogen) atoms. The molecule has 110 valence electrons. The lowest BCUT2D eigenvalue weighted by Gasteiger charge is -2.32. The Labute approximate surface area is 125 Å². The monoisotopic (exact) mass is 292 g/mol. The van der Waals surface area contributed by atoms with Gasteiger partial charge in [-0.25, -0.2) is 0 Å². The summed E-state index contributed by atoms with van der Waals surface area (Å²) >= 11 is 1.65. The highest BCUT2D eigenvalue weighted by molar-refractivity contribution is 7.19. The van der Waals surface area contributed by atoms with E-state index in [4.69, 9.17) is 5.73 Å². The lowest BCUT2D eigenvalue weighted by Crippen LogP contribution is -2.34. The number of hydrogen-bond acceptors (Lipinski definition) is 4. The maximum atomic E-state index is 12.1. The topological polar surface area (TPSA) is 46.3 Å². The number of ketones is 1. The van der Waals surface area contributed by atoms with Gasteiger partial charge < -0.3 is 10.6 Å². The fourth-order valence-electron chi connectivity index (χ4n) is 3.19. The minimum Gasteiger partial charge on any atom is -0.397 e. The van der Waals surface area contributed by atoms with Crippen molar-refractivity contribution in [2.75, 3.05) is 23.7 Å². The number of nitrogens with zero attached hydrogens (tertiary/aromatic N) is 1. The van der Waals surface area contributed by atoms with Gasteiger partial charge >= 0.3 is 0 Å². The van der Waals surface area contributed by atoms with Gasteiger partial charge in [0.2, 0.25) is 0 Å². The maximum absolute atomic E-state index is 12.1. The molecule has 1 aromatic heterocycles. The minimum absolute atomic E-state index is 0.200. The van der Waals surface area contributed by atoms with Gasteiger partial charge in [-0.05, 0) is 37.5 Å². The summed E-state index contributed by atoms with van der Waals surface area (Å²) in [7, 11) is 0. The lowest BCUT2D eigenvalue weighted by atomic mass is 10.00.